The van der Waals surface area contributed by atoms with Crippen molar-refractivity contribution in [3.8, 4) is 0 Å². The molecule has 1 aliphatic heterocycles. The molecule has 0 atom stereocenters. The summed E-state index contributed by atoms with van der Waals surface area (Å²) in [5, 5.41) is 0. The molecule has 1 heterocycles. The highest BCUT2D eigenvalue weighted by Gasteiger charge is 2.14. The van der Waals surface area contributed by atoms with Gasteiger partial charge in [0, 0.05) is 17.4 Å². The molecule has 3 nitrogen and oxygen atoms in total. The number of hydrogen-bond acceptors (Lipinski definition) is 3. The second-order valence-electron chi connectivity index (χ2n) is 5.84. The molecule has 0 saturated carbocycles. The summed E-state index contributed by atoms with van der Waals surface area (Å²) in [6.07, 6.45) is 9.98. The Kier molecular flexibility index (Phi) is 5.19. The van der Waals surface area contributed by atoms with E-state index in [2.05, 4.69) is 18.2 Å². The molecule has 128 valence electrons. The zero-order valence-corrected chi connectivity index (χ0v) is 14.9. The van der Waals surface area contributed by atoms with Crippen molar-refractivity contribution in [3.05, 3.63) is 90.0 Å². The van der Waals surface area contributed by atoms with Crippen LogP contribution in [0.4, 0.5) is 0 Å². The van der Waals surface area contributed by atoms with Gasteiger partial charge in [0.2, 0.25) is 0 Å². The Bertz CT molecular complexity index is 919. The van der Waals surface area contributed by atoms with Crippen LogP contribution in [0.2, 0.25) is 0 Å². The van der Waals surface area contributed by atoms with E-state index in [0.29, 0.717) is 11.5 Å². The normalized spacial score (nSPS) is 20.7. The summed E-state index contributed by atoms with van der Waals surface area (Å²) in [5.41, 5.74) is 3.04. The maximum absolute atomic E-state index is 11.7. The molecule has 0 aromatic heterocycles. The molecule has 0 saturated heterocycles. The minimum Gasteiger partial charge on any atom is -0.489 e. The van der Waals surface area contributed by atoms with Gasteiger partial charge in [0.05, 0.1) is 4.90 Å². The van der Waals surface area contributed by atoms with E-state index in [1.165, 1.54) is 6.26 Å². The number of rotatable bonds is 3. The molecule has 0 aliphatic carbocycles. The molecule has 3 rings (SSSR count). The van der Waals surface area contributed by atoms with E-state index < -0.39 is 9.84 Å². The Balaban J connectivity index is 2.11. The molecule has 25 heavy (non-hydrogen) atoms. The lowest BCUT2D eigenvalue weighted by Crippen LogP contribution is -2.00. The van der Waals surface area contributed by atoms with Crippen molar-refractivity contribution in [2.24, 2.45) is 0 Å². The van der Waals surface area contributed by atoms with Crippen LogP contribution in [-0.2, 0) is 14.6 Å². The fraction of sp³-hybridized carbons (Fsp3) is 0.143. The second kappa shape index (κ2) is 7.53. The molecule has 0 fully saturated rings. The van der Waals surface area contributed by atoms with Gasteiger partial charge in [0.25, 0.3) is 0 Å². The quantitative estimate of drug-likeness (QED) is 0.817. The van der Waals surface area contributed by atoms with Gasteiger partial charge in [0.1, 0.15) is 12.4 Å². The molecule has 4 heteroatoms. The first-order valence-corrected chi connectivity index (χ1v) is 9.98. The number of sulfone groups is 1. The van der Waals surface area contributed by atoms with E-state index in [9.17, 15) is 8.42 Å². The third-order valence-electron chi connectivity index (χ3n) is 3.97. The van der Waals surface area contributed by atoms with Crippen LogP contribution in [-0.4, -0.2) is 21.3 Å². The van der Waals surface area contributed by atoms with Crippen molar-refractivity contribution in [3.63, 3.8) is 0 Å². The van der Waals surface area contributed by atoms with Crippen LogP contribution in [0.5, 0.6) is 0 Å². The van der Waals surface area contributed by atoms with Crippen LogP contribution in [0.15, 0.2) is 83.8 Å². The van der Waals surface area contributed by atoms with Crippen LogP contribution in [0.3, 0.4) is 0 Å². The van der Waals surface area contributed by atoms with E-state index in [-0.39, 0.29) is 0 Å². The zero-order valence-electron chi connectivity index (χ0n) is 14.1. The Morgan fingerprint density at radius 1 is 0.840 bits per heavy atom. The molecular formula is C21H20O3S. The maximum atomic E-state index is 11.7. The molecule has 2 aromatic rings. The first-order chi connectivity index (χ1) is 12.1. The van der Waals surface area contributed by atoms with Crippen LogP contribution in [0, 0.1) is 0 Å². The van der Waals surface area contributed by atoms with Gasteiger partial charge in [-0.05, 0) is 42.3 Å². The van der Waals surface area contributed by atoms with E-state index in [1.54, 1.807) is 24.3 Å². The van der Waals surface area contributed by atoms with Crippen LogP contribution < -0.4 is 0 Å². The molecule has 2 aromatic carbocycles. The topological polar surface area (TPSA) is 43.4 Å². The van der Waals surface area contributed by atoms with Crippen LogP contribution in [0.1, 0.15) is 17.5 Å². The summed E-state index contributed by atoms with van der Waals surface area (Å²) in [7, 11) is -3.21. The first kappa shape index (κ1) is 17.2. The number of benzene rings is 2. The Morgan fingerprint density at radius 2 is 1.52 bits per heavy atom. The zero-order chi connectivity index (χ0) is 17.7. The third kappa shape index (κ3) is 4.28. The van der Waals surface area contributed by atoms with Gasteiger partial charge in [-0.1, -0.05) is 48.6 Å². The van der Waals surface area contributed by atoms with Crippen molar-refractivity contribution < 1.29 is 13.2 Å². The fourth-order valence-corrected chi connectivity index (χ4v) is 3.34. The van der Waals surface area contributed by atoms with Crippen LogP contribution in [0.25, 0.3) is 11.3 Å². The summed E-state index contributed by atoms with van der Waals surface area (Å²) in [4.78, 5) is 0.306. The van der Waals surface area contributed by atoms with Gasteiger partial charge < -0.3 is 4.74 Å². The predicted molar refractivity (Wildman–Crippen MR) is 102 cm³/mol. The SMILES string of the molecule is CS(=O)(=O)c1ccc(/C2=C(\c3ccccc3)C/C=C\C=C/CO2)cc1. The lowest BCUT2D eigenvalue weighted by atomic mass is 9.98. The van der Waals surface area contributed by atoms with Gasteiger partial charge in [-0.2, -0.15) is 0 Å². The van der Waals surface area contributed by atoms with Crippen molar-refractivity contribution >= 4 is 21.2 Å². The monoisotopic (exact) mass is 352 g/mol. The summed E-state index contributed by atoms with van der Waals surface area (Å²) in [6.45, 7) is 0.462. The lowest BCUT2D eigenvalue weighted by molar-refractivity contribution is 0.320. The number of allylic oxidation sites excluding steroid dienone is 4. The average molecular weight is 352 g/mol. The summed E-state index contributed by atoms with van der Waals surface area (Å²) in [5.74, 6) is 0.780. The third-order valence-corrected chi connectivity index (χ3v) is 5.10. The minimum atomic E-state index is -3.21. The average Bonchev–Trinajstić information content (AvgIpc) is 2.74. The highest BCUT2D eigenvalue weighted by molar-refractivity contribution is 7.90. The van der Waals surface area contributed by atoms with Gasteiger partial charge in [-0.25, -0.2) is 8.42 Å². The summed E-state index contributed by atoms with van der Waals surface area (Å²) < 4.78 is 29.4. The maximum Gasteiger partial charge on any atom is 0.175 e. The molecule has 0 radical (unpaired) electrons. The summed E-state index contributed by atoms with van der Waals surface area (Å²) in [6, 6.07) is 17.0. The van der Waals surface area contributed by atoms with E-state index in [1.807, 2.05) is 36.4 Å². The molecule has 0 bridgehead atoms. The highest BCUT2D eigenvalue weighted by atomic mass is 32.2. The second-order valence-corrected chi connectivity index (χ2v) is 7.86. The standard InChI is InChI=1S/C21H20O3S/c1-25(22,23)19-14-12-18(13-15-19)21-20(17-9-5-4-6-10-17)11-7-2-3-8-16-24-21/h2-10,12-15H,11,16H2,1H3/b7-2-,8-3-,21-20+. The van der Waals surface area contributed by atoms with Crippen molar-refractivity contribution in [1.82, 2.24) is 0 Å². The minimum absolute atomic E-state index is 0.306. The van der Waals surface area contributed by atoms with Gasteiger partial charge in [-0.3, -0.25) is 0 Å². The molecule has 0 amide bonds. The molecular weight excluding hydrogens is 332 g/mol. The molecule has 1 aliphatic rings. The predicted octanol–water partition coefficient (Wildman–Crippen LogP) is 4.49. The Hall–Kier alpha value is -2.59. The smallest absolute Gasteiger partial charge is 0.175 e. The molecule has 0 unspecified atom stereocenters. The lowest BCUT2D eigenvalue weighted by Gasteiger charge is -2.16. The van der Waals surface area contributed by atoms with E-state index >= 15 is 0 Å². The van der Waals surface area contributed by atoms with Crippen molar-refractivity contribution in [2.75, 3.05) is 12.9 Å². The van der Waals surface area contributed by atoms with E-state index in [0.717, 1.165) is 28.9 Å². The largest absolute Gasteiger partial charge is 0.489 e. The number of ether oxygens (including phenoxy) is 1. The molecule has 0 N–H and O–H groups in total. The van der Waals surface area contributed by atoms with Crippen molar-refractivity contribution in [1.29, 1.82) is 0 Å². The fourth-order valence-electron chi connectivity index (χ4n) is 2.71. The number of hydrogen-bond donors (Lipinski definition) is 0. The molecule has 0 spiro atoms. The first-order valence-electron chi connectivity index (χ1n) is 8.09. The Labute approximate surface area is 148 Å². The van der Waals surface area contributed by atoms with Gasteiger partial charge >= 0.3 is 0 Å². The van der Waals surface area contributed by atoms with Crippen LogP contribution >= 0.6 is 0 Å². The summed E-state index contributed by atoms with van der Waals surface area (Å²) >= 11 is 0. The van der Waals surface area contributed by atoms with E-state index in [4.69, 9.17) is 4.74 Å². The Morgan fingerprint density at radius 3 is 2.20 bits per heavy atom. The van der Waals surface area contributed by atoms with Gasteiger partial charge in [-0.15, -0.1) is 0 Å². The highest BCUT2D eigenvalue weighted by Crippen LogP contribution is 2.31. The van der Waals surface area contributed by atoms with Gasteiger partial charge in [0.15, 0.2) is 9.84 Å². The van der Waals surface area contributed by atoms with Crippen molar-refractivity contribution in [2.45, 2.75) is 11.3 Å².